The van der Waals surface area contributed by atoms with Crippen molar-refractivity contribution >= 4 is 33.2 Å². The van der Waals surface area contributed by atoms with Crippen LogP contribution in [0.3, 0.4) is 0 Å². The third-order valence-electron chi connectivity index (χ3n) is 1.39. The van der Waals surface area contributed by atoms with Gasteiger partial charge in [0.1, 0.15) is 0 Å². The monoisotopic (exact) mass is 263 g/mol. The fraction of sp³-hybridized carbons (Fsp3) is 0.375. The first-order valence-corrected chi connectivity index (χ1v) is 5.44. The van der Waals surface area contributed by atoms with E-state index in [1.807, 2.05) is 19.9 Å². The van der Waals surface area contributed by atoms with E-state index in [1.165, 1.54) is 11.3 Å². The number of hydrogen-bond donors (Lipinski definition) is 1. The van der Waals surface area contributed by atoms with E-state index < -0.39 is 0 Å². The van der Waals surface area contributed by atoms with Crippen LogP contribution in [0.2, 0.25) is 0 Å². The number of carbonyl (C=O) groups is 1. The van der Waals surface area contributed by atoms with Crippen LogP contribution in [0.25, 0.3) is 0 Å². The van der Waals surface area contributed by atoms with Gasteiger partial charge < -0.3 is 0 Å². The predicted molar refractivity (Wildman–Crippen MR) is 55.8 cm³/mol. The van der Waals surface area contributed by atoms with Gasteiger partial charge in [0.05, 0.1) is 15.3 Å². The van der Waals surface area contributed by atoms with Gasteiger partial charge >= 0.3 is 0 Å². The van der Waals surface area contributed by atoms with Gasteiger partial charge in [-0.3, -0.25) is 9.63 Å². The van der Waals surface area contributed by atoms with Gasteiger partial charge in [-0.05, 0) is 41.4 Å². The van der Waals surface area contributed by atoms with Crippen LogP contribution in [0.5, 0.6) is 0 Å². The van der Waals surface area contributed by atoms with Crippen LogP contribution in [-0.4, -0.2) is 12.5 Å². The number of nitrogens with one attached hydrogen (secondary N) is 1. The van der Waals surface area contributed by atoms with Crippen molar-refractivity contribution in [3.63, 3.8) is 0 Å². The Morgan fingerprint density at radius 2 is 2.46 bits per heavy atom. The molecule has 0 aliphatic carbocycles. The molecule has 1 rings (SSSR count). The minimum Gasteiger partial charge on any atom is -0.274 e. The van der Waals surface area contributed by atoms with Crippen molar-refractivity contribution in [2.75, 3.05) is 6.61 Å². The van der Waals surface area contributed by atoms with E-state index in [0.29, 0.717) is 11.5 Å². The maximum atomic E-state index is 11.3. The summed E-state index contributed by atoms with van der Waals surface area (Å²) in [5.41, 5.74) is 3.40. The van der Waals surface area contributed by atoms with Crippen molar-refractivity contribution in [2.24, 2.45) is 0 Å². The predicted octanol–water partition coefficient (Wildman–Crippen LogP) is 2.50. The van der Waals surface area contributed by atoms with Gasteiger partial charge in [-0.2, -0.15) is 0 Å². The van der Waals surface area contributed by atoms with Crippen LogP contribution in [0.15, 0.2) is 9.85 Å². The third-order valence-corrected chi connectivity index (χ3v) is 3.53. The summed E-state index contributed by atoms with van der Waals surface area (Å²) in [6.07, 6.45) is 0. The normalized spacial score (nSPS) is 10.1. The summed E-state index contributed by atoms with van der Waals surface area (Å²) in [4.78, 5) is 16.8. The average Bonchev–Trinajstić information content (AvgIpc) is 2.43. The van der Waals surface area contributed by atoms with Crippen molar-refractivity contribution in [3.8, 4) is 0 Å². The van der Waals surface area contributed by atoms with E-state index in [9.17, 15) is 4.79 Å². The molecule has 0 unspecified atom stereocenters. The number of carbonyl (C=O) groups excluding carboxylic acids is 1. The van der Waals surface area contributed by atoms with E-state index in [1.54, 1.807) is 0 Å². The summed E-state index contributed by atoms with van der Waals surface area (Å²) in [7, 11) is 0. The fourth-order valence-corrected chi connectivity index (χ4v) is 2.18. The lowest BCUT2D eigenvalue weighted by Crippen LogP contribution is -2.22. The van der Waals surface area contributed by atoms with Crippen molar-refractivity contribution in [1.29, 1.82) is 0 Å². The Kier molecular flexibility index (Phi) is 3.90. The molecule has 1 aromatic heterocycles. The van der Waals surface area contributed by atoms with Crippen LogP contribution in [0.1, 0.15) is 22.2 Å². The topological polar surface area (TPSA) is 38.3 Å². The first kappa shape index (κ1) is 10.7. The molecule has 1 heterocycles. The smallest absolute Gasteiger partial charge is 0.274 e. The van der Waals surface area contributed by atoms with Crippen molar-refractivity contribution in [2.45, 2.75) is 13.8 Å². The van der Waals surface area contributed by atoms with Gasteiger partial charge in [0, 0.05) is 0 Å². The summed E-state index contributed by atoms with van der Waals surface area (Å²) in [5.74, 6) is -0.194. The Balaban J connectivity index is 2.66. The number of aryl methyl sites for hydroxylation is 1. The third kappa shape index (κ3) is 2.79. The van der Waals surface area contributed by atoms with Gasteiger partial charge in [-0.1, -0.05) is 0 Å². The molecular weight excluding hydrogens is 254 g/mol. The average molecular weight is 264 g/mol. The summed E-state index contributed by atoms with van der Waals surface area (Å²) in [6.45, 7) is 4.23. The number of hydroxylamine groups is 1. The highest BCUT2D eigenvalue weighted by Gasteiger charge is 2.10. The molecule has 1 aromatic rings. The molecule has 0 bridgehead atoms. The lowest BCUT2D eigenvalue weighted by atomic mass is 10.3. The summed E-state index contributed by atoms with van der Waals surface area (Å²) < 4.78 is 0.981. The van der Waals surface area contributed by atoms with E-state index in [0.717, 1.165) is 9.35 Å². The molecule has 5 heteroatoms. The van der Waals surface area contributed by atoms with Crippen LogP contribution >= 0.6 is 27.3 Å². The highest BCUT2D eigenvalue weighted by molar-refractivity contribution is 9.11. The van der Waals surface area contributed by atoms with E-state index in [2.05, 4.69) is 21.4 Å². The summed E-state index contributed by atoms with van der Waals surface area (Å²) in [6, 6.07) is 1.82. The highest BCUT2D eigenvalue weighted by atomic mass is 79.9. The zero-order valence-corrected chi connectivity index (χ0v) is 9.79. The molecule has 0 aromatic carbocycles. The molecule has 0 spiro atoms. The molecule has 13 heavy (non-hydrogen) atoms. The molecule has 0 saturated carbocycles. The van der Waals surface area contributed by atoms with Crippen LogP contribution in [-0.2, 0) is 4.84 Å². The number of rotatable bonds is 3. The van der Waals surface area contributed by atoms with Crippen LogP contribution in [0.4, 0.5) is 0 Å². The van der Waals surface area contributed by atoms with Gasteiger partial charge in [-0.15, -0.1) is 11.3 Å². The standard InChI is InChI=1S/C8H10BrNO2S/c1-3-12-10-8(11)6-4-5(2)7(9)13-6/h4H,3H2,1-2H3,(H,10,11). The Morgan fingerprint density at radius 3 is 2.92 bits per heavy atom. The molecule has 0 aliphatic rings. The van der Waals surface area contributed by atoms with Gasteiger partial charge in [0.2, 0.25) is 0 Å². The van der Waals surface area contributed by atoms with E-state index >= 15 is 0 Å². The number of halogens is 1. The second kappa shape index (κ2) is 4.74. The SMILES string of the molecule is CCONC(=O)c1cc(C)c(Br)s1. The molecule has 0 radical (unpaired) electrons. The second-order valence-corrected chi connectivity index (χ2v) is 4.80. The Hall–Kier alpha value is -0.390. The number of thiophene rings is 1. The van der Waals surface area contributed by atoms with Crippen LogP contribution in [0, 0.1) is 6.92 Å². The fourth-order valence-electron chi connectivity index (χ4n) is 0.760. The lowest BCUT2D eigenvalue weighted by Gasteiger charge is -1.99. The zero-order chi connectivity index (χ0) is 9.84. The molecule has 1 N–H and O–H groups in total. The van der Waals surface area contributed by atoms with Gasteiger partial charge in [0.25, 0.3) is 5.91 Å². The first-order valence-electron chi connectivity index (χ1n) is 3.83. The zero-order valence-electron chi connectivity index (χ0n) is 7.39. The number of hydrogen-bond acceptors (Lipinski definition) is 3. The largest absolute Gasteiger partial charge is 0.284 e. The van der Waals surface area contributed by atoms with Gasteiger partial charge in [0.15, 0.2) is 0 Å². The molecule has 0 atom stereocenters. The van der Waals surface area contributed by atoms with E-state index in [-0.39, 0.29) is 5.91 Å². The molecule has 0 saturated heterocycles. The molecule has 0 aliphatic heterocycles. The van der Waals surface area contributed by atoms with Gasteiger partial charge in [-0.25, -0.2) is 5.48 Å². The molecule has 0 fully saturated rings. The van der Waals surface area contributed by atoms with E-state index in [4.69, 9.17) is 4.84 Å². The molecular formula is C8H10BrNO2S. The Morgan fingerprint density at radius 1 is 1.77 bits per heavy atom. The Labute approximate surface area is 89.2 Å². The highest BCUT2D eigenvalue weighted by Crippen LogP contribution is 2.26. The second-order valence-electron chi connectivity index (χ2n) is 2.43. The Bertz CT molecular complexity index is 292. The molecule has 3 nitrogen and oxygen atoms in total. The van der Waals surface area contributed by atoms with Crippen molar-refractivity contribution in [3.05, 3.63) is 20.3 Å². The number of amides is 1. The lowest BCUT2D eigenvalue weighted by molar-refractivity contribution is 0.0368. The molecule has 72 valence electrons. The first-order chi connectivity index (χ1) is 6.15. The maximum absolute atomic E-state index is 11.3. The maximum Gasteiger partial charge on any atom is 0.284 e. The van der Waals surface area contributed by atoms with Crippen molar-refractivity contribution in [1.82, 2.24) is 5.48 Å². The van der Waals surface area contributed by atoms with Crippen LogP contribution < -0.4 is 5.48 Å². The quantitative estimate of drug-likeness (QED) is 0.852. The van der Waals surface area contributed by atoms with Crippen molar-refractivity contribution < 1.29 is 9.63 Å². The minimum absolute atomic E-state index is 0.194. The molecule has 1 amide bonds. The summed E-state index contributed by atoms with van der Waals surface area (Å²) >= 11 is 4.75. The summed E-state index contributed by atoms with van der Waals surface area (Å²) in [5, 5.41) is 0. The minimum atomic E-state index is -0.194.